The number of piperidine rings is 1. The molecule has 0 spiro atoms. The number of nitro benzene ring substituents is 1. The summed E-state index contributed by atoms with van der Waals surface area (Å²) in [6.45, 7) is 6.08. The lowest BCUT2D eigenvalue weighted by atomic mass is 10.1. The average Bonchev–Trinajstić information content (AvgIpc) is 2.49. The van der Waals surface area contributed by atoms with Crippen LogP contribution in [0.1, 0.15) is 31.7 Å². The molecular weight excluding hydrogens is 290 g/mol. The zero-order valence-corrected chi connectivity index (χ0v) is 13.1. The van der Waals surface area contributed by atoms with Crippen LogP contribution in [0, 0.1) is 10.1 Å². The number of hydrogen-bond donors (Lipinski definition) is 1. The molecule has 1 heterocycles. The number of nitrogens with zero attached hydrogens (tertiary/aromatic N) is 2. The fourth-order valence-corrected chi connectivity index (χ4v) is 2.91. The van der Waals surface area contributed by atoms with Crippen molar-refractivity contribution in [3.05, 3.63) is 38.9 Å². The van der Waals surface area contributed by atoms with E-state index in [0.717, 1.165) is 12.1 Å². The first kappa shape index (κ1) is 16.2. The van der Waals surface area contributed by atoms with Crippen LogP contribution < -0.4 is 5.32 Å². The molecule has 116 valence electrons. The Morgan fingerprint density at radius 1 is 1.38 bits per heavy atom. The Balaban J connectivity index is 1.82. The van der Waals surface area contributed by atoms with Gasteiger partial charge < -0.3 is 5.32 Å². The van der Waals surface area contributed by atoms with Crippen LogP contribution in [0.2, 0.25) is 5.02 Å². The number of halogens is 1. The van der Waals surface area contributed by atoms with Crippen LogP contribution in [0.5, 0.6) is 0 Å². The van der Waals surface area contributed by atoms with Gasteiger partial charge in [-0.1, -0.05) is 24.1 Å². The summed E-state index contributed by atoms with van der Waals surface area (Å²) >= 11 is 5.81. The molecule has 1 unspecified atom stereocenters. The molecule has 5 nitrogen and oxygen atoms in total. The van der Waals surface area contributed by atoms with E-state index in [2.05, 4.69) is 17.1 Å². The van der Waals surface area contributed by atoms with Crippen LogP contribution in [0.4, 0.5) is 5.69 Å². The normalized spacial score (nSPS) is 17.6. The molecule has 1 N–H and O–H groups in total. The molecule has 1 atom stereocenters. The first-order valence-electron chi connectivity index (χ1n) is 7.45. The maximum absolute atomic E-state index is 10.9. The number of benzene rings is 1. The molecule has 6 heteroatoms. The van der Waals surface area contributed by atoms with E-state index in [-0.39, 0.29) is 10.7 Å². The molecule has 1 aromatic rings. The highest BCUT2D eigenvalue weighted by atomic mass is 35.5. The summed E-state index contributed by atoms with van der Waals surface area (Å²) in [6, 6.07) is 5.45. The first-order chi connectivity index (χ1) is 10.1. The Kier molecular flexibility index (Phi) is 5.96. The van der Waals surface area contributed by atoms with Crippen LogP contribution in [0.3, 0.4) is 0 Å². The maximum atomic E-state index is 10.9. The topological polar surface area (TPSA) is 58.4 Å². The molecule has 0 saturated carbocycles. The Bertz CT molecular complexity index is 490. The quantitative estimate of drug-likeness (QED) is 0.647. The fourth-order valence-electron chi connectivity index (χ4n) is 2.72. The molecule has 0 radical (unpaired) electrons. The van der Waals surface area contributed by atoms with E-state index in [1.807, 2.05) is 6.07 Å². The molecule has 1 aromatic carbocycles. The number of likely N-dealkylation sites (tertiary alicyclic amines) is 1. The van der Waals surface area contributed by atoms with Gasteiger partial charge in [0.25, 0.3) is 5.69 Å². The second-order valence-electron chi connectivity index (χ2n) is 5.62. The fraction of sp³-hybridized carbons (Fsp3) is 0.600. The zero-order chi connectivity index (χ0) is 15.2. The minimum atomic E-state index is -0.442. The molecule has 0 bridgehead atoms. The lowest BCUT2D eigenvalue weighted by Crippen LogP contribution is -2.42. The van der Waals surface area contributed by atoms with Gasteiger partial charge in [0, 0.05) is 25.2 Å². The van der Waals surface area contributed by atoms with E-state index >= 15 is 0 Å². The lowest BCUT2D eigenvalue weighted by Gasteiger charge is -2.32. The summed E-state index contributed by atoms with van der Waals surface area (Å²) in [5.74, 6) is 0. The first-order valence-corrected chi connectivity index (χ1v) is 7.83. The number of hydrogen-bond acceptors (Lipinski definition) is 4. The van der Waals surface area contributed by atoms with Crippen molar-refractivity contribution in [2.45, 2.75) is 38.8 Å². The SMILES string of the molecule is CC(CNCc1ccc(Cl)c([N+](=O)[O-])c1)N1CCCCC1. The van der Waals surface area contributed by atoms with Crippen molar-refractivity contribution >= 4 is 17.3 Å². The van der Waals surface area contributed by atoms with Crippen LogP contribution in [-0.2, 0) is 6.54 Å². The van der Waals surface area contributed by atoms with Crippen molar-refractivity contribution < 1.29 is 4.92 Å². The molecule has 21 heavy (non-hydrogen) atoms. The van der Waals surface area contributed by atoms with Gasteiger partial charge in [0.15, 0.2) is 0 Å². The number of nitro groups is 1. The molecule has 0 aliphatic carbocycles. The van der Waals surface area contributed by atoms with E-state index in [0.29, 0.717) is 12.6 Å². The zero-order valence-electron chi connectivity index (χ0n) is 12.3. The van der Waals surface area contributed by atoms with Gasteiger partial charge in [-0.25, -0.2) is 0 Å². The van der Waals surface area contributed by atoms with Crippen molar-refractivity contribution in [2.24, 2.45) is 0 Å². The van der Waals surface area contributed by atoms with Crippen LogP contribution in [0.25, 0.3) is 0 Å². The second-order valence-corrected chi connectivity index (χ2v) is 6.03. The second kappa shape index (κ2) is 7.73. The predicted octanol–water partition coefficient (Wildman–Crippen LogP) is 3.21. The van der Waals surface area contributed by atoms with Gasteiger partial charge in [0.2, 0.25) is 0 Å². The van der Waals surface area contributed by atoms with Crippen LogP contribution >= 0.6 is 11.6 Å². The minimum Gasteiger partial charge on any atom is -0.311 e. The molecule has 0 amide bonds. The largest absolute Gasteiger partial charge is 0.311 e. The van der Waals surface area contributed by atoms with Gasteiger partial charge in [-0.15, -0.1) is 0 Å². The third-order valence-corrected chi connectivity index (χ3v) is 4.31. The number of rotatable bonds is 6. The summed E-state index contributed by atoms with van der Waals surface area (Å²) in [4.78, 5) is 12.9. The standard InChI is InChI=1S/C15H22ClN3O2/c1-12(18-7-3-2-4-8-18)10-17-11-13-5-6-14(16)15(9-13)19(20)21/h5-6,9,12,17H,2-4,7-8,10-11H2,1H3. The summed E-state index contributed by atoms with van der Waals surface area (Å²) in [5.41, 5.74) is 0.858. The summed E-state index contributed by atoms with van der Waals surface area (Å²) in [6.07, 6.45) is 3.91. The van der Waals surface area contributed by atoms with Gasteiger partial charge >= 0.3 is 0 Å². The summed E-state index contributed by atoms with van der Waals surface area (Å²) < 4.78 is 0. The molecule has 1 fully saturated rings. The van der Waals surface area contributed by atoms with Gasteiger partial charge in [-0.3, -0.25) is 15.0 Å². The highest BCUT2D eigenvalue weighted by Gasteiger charge is 2.16. The van der Waals surface area contributed by atoms with E-state index in [9.17, 15) is 10.1 Å². The molecule has 1 saturated heterocycles. The van der Waals surface area contributed by atoms with Crippen molar-refractivity contribution in [3.63, 3.8) is 0 Å². The predicted molar refractivity (Wildman–Crippen MR) is 84.7 cm³/mol. The lowest BCUT2D eigenvalue weighted by molar-refractivity contribution is -0.384. The molecule has 1 aliphatic rings. The van der Waals surface area contributed by atoms with E-state index < -0.39 is 4.92 Å². The highest BCUT2D eigenvalue weighted by molar-refractivity contribution is 6.32. The van der Waals surface area contributed by atoms with Gasteiger partial charge in [0.05, 0.1) is 4.92 Å². The third kappa shape index (κ3) is 4.66. The summed E-state index contributed by atoms with van der Waals surface area (Å²) in [7, 11) is 0. The monoisotopic (exact) mass is 311 g/mol. The Hall–Kier alpha value is -1.17. The van der Waals surface area contributed by atoms with E-state index in [4.69, 9.17) is 11.6 Å². The van der Waals surface area contributed by atoms with E-state index in [1.165, 1.54) is 32.4 Å². The van der Waals surface area contributed by atoms with Gasteiger partial charge in [-0.2, -0.15) is 0 Å². The third-order valence-electron chi connectivity index (χ3n) is 3.99. The van der Waals surface area contributed by atoms with Crippen molar-refractivity contribution in [1.29, 1.82) is 0 Å². The maximum Gasteiger partial charge on any atom is 0.288 e. The minimum absolute atomic E-state index is 0.0277. The highest BCUT2D eigenvalue weighted by Crippen LogP contribution is 2.24. The summed E-state index contributed by atoms with van der Waals surface area (Å²) in [5, 5.41) is 14.4. The van der Waals surface area contributed by atoms with Gasteiger partial charge in [0.1, 0.15) is 5.02 Å². The smallest absolute Gasteiger partial charge is 0.288 e. The molecular formula is C15H22ClN3O2. The molecule has 1 aliphatic heterocycles. The van der Waals surface area contributed by atoms with E-state index in [1.54, 1.807) is 12.1 Å². The average molecular weight is 312 g/mol. The Labute approximate surface area is 130 Å². The Morgan fingerprint density at radius 3 is 2.76 bits per heavy atom. The van der Waals surface area contributed by atoms with Gasteiger partial charge in [-0.05, 0) is 44.5 Å². The number of nitrogens with one attached hydrogen (secondary N) is 1. The Morgan fingerprint density at radius 2 is 2.10 bits per heavy atom. The molecule has 2 rings (SSSR count). The van der Waals surface area contributed by atoms with Crippen LogP contribution in [-0.4, -0.2) is 35.5 Å². The molecule has 0 aromatic heterocycles. The van der Waals surface area contributed by atoms with Crippen molar-refractivity contribution in [2.75, 3.05) is 19.6 Å². The van der Waals surface area contributed by atoms with Crippen molar-refractivity contribution in [1.82, 2.24) is 10.2 Å². The van der Waals surface area contributed by atoms with Crippen molar-refractivity contribution in [3.8, 4) is 0 Å². The van der Waals surface area contributed by atoms with Crippen LogP contribution in [0.15, 0.2) is 18.2 Å².